The number of rotatable bonds is 8. The van der Waals surface area contributed by atoms with Crippen molar-refractivity contribution in [3.63, 3.8) is 0 Å². The molecule has 5 nitrogen and oxygen atoms in total. The number of carbonyl (C=O) groups is 1. The van der Waals surface area contributed by atoms with Gasteiger partial charge in [0, 0.05) is 6.54 Å². The number of benzene rings is 3. The number of hydrogen-bond donors (Lipinski definition) is 1. The van der Waals surface area contributed by atoms with E-state index in [1.807, 2.05) is 77.9 Å². The van der Waals surface area contributed by atoms with E-state index < -0.39 is 10.0 Å². The van der Waals surface area contributed by atoms with E-state index in [0.29, 0.717) is 11.1 Å². The lowest BCUT2D eigenvalue weighted by Crippen LogP contribution is -2.41. The van der Waals surface area contributed by atoms with Crippen molar-refractivity contribution in [2.45, 2.75) is 72.9 Å². The van der Waals surface area contributed by atoms with Gasteiger partial charge in [0.15, 0.2) is 0 Å². The van der Waals surface area contributed by atoms with Gasteiger partial charge < -0.3 is 5.32 Å². The third kappa shape index (κ3) is 6.23. The zero-order chi connectivity index (χ0) is 26.8. The lowest BCUT2D eigenvalue weighted by atomic mass is 9.96. The minimum absolute atomic E-state index is 0.111. The minimum atomic E-state index is -3.93. The van der Waals surface area contributed by atoms with Crippen LogP contribution in [0.3, 0.4) is 0 Å². The highest BCUT2D eigenvalue weighted by molar-refractivity contribution is 7.89. The Labute approximate surface area is 216 Å². The molecule has 6 heteroatoms. The van der Waals surface area contributed by atoms with Crippen molar-refractivity contribution >= 4 is 15.9 Å². The van der Waals surface area contributed by atoms with Crippen LogP contribution in [-0.2, 0) is 21.4 Å². The Bertz CT molecular complexity index is 1350. The van der Waals surface area contributed by atoms with Gasteiger partial charge in [0.1, 0.15) is 0 Å². The SMILES string of the molecule is Cc1ccc(CN(CC(=O)NC(C)c2cc(C)c(C)cc2C)S(=O)(=O)c2c(C)cc(C)cc2C)cc1. The summed E-state index contributed by atoms with van der Waals surface area (Å²) < 4.78 is 29.1. The Morgan fingerprint density at radius 2 is 1.33 bits per heavy atom. The van der Waals surface area contributed by atoms with E-state index in [0.717, 1.165) is 33.4 Å². The quantitative estimate of drug-likeness (QED) is 0.413. The summed E-state index contributed by atoms with van der Waals surface area (Å²) in [5, 5.41) is 3.03. The van der Waals surface area contributed by atoms with Crippen LogP contribution in [0.5, 0.6) is 0 Å². The van der Waals surface area contributed by atoms with Crippen molar-refractivity contribution in [2.75, 3.05) is 6.54 Å². The fraction of sp³-hybridized carbons (Fsp3) is 0.367. The largest absolute Gasteiger partial charge is 0.348 e. The Morgan fingerprint density at radius 3 is 1.92 bits per heavy atom. The Balaban J connectivity index is 1.93. The maximum Gasteiger partial charge on any atom is 0.244 e. The minimum Gasteiger partial charge on any atom is -0.348 e. The molecule has 0 aromatic heterocycles. The highest BCUT2D eigenvalue weighted by Gasteiger charge is 2.30. The molecule has 36 heavy (non-hydrogen) atoms. The lowest BCUT2D eigenvalue weighted by molar-refractivity contribution is -0.122. The van der Waals surface area contributed by atoms with Crippen molar-refractivity contribution in [3.8, 4) is 0 Å². The molecule has 0 spiro atoms. The molecule has 0 saturated carbocycles. The van der Waals surface area contributed by atoms with Crippen LogP contribution in [-0.4, -0.2) is 25.2 Å². The second-order valence-corrected chi connectivity index (χ2v) is 11.9. The van der Waals surface area contributed by atoms with Crippen LogP contribution in [0.2, 0.25) is 0 Å². The predicted molar refractivity (Wildman–Crippen MR) is 147 cm³/mol. The summed E-state index contributed by atoms with van der Waals surface area (Å²) in [5.41, 5.74) is 8.78. The first kappa shape index (κ1) is 27.6. The molecule has 0 fully saturated rings. The van der Waals surface area contributed by atoms with E-state index in [2.05, 4.69) is 31.3 Å². The van der Waals surface area contributed by atoms with Crippen LogP contribution in [0.4, 0.5) is 0 Å². The van der Waals surface area contributed by atoms with Crippen molar-refractivity contribution in [1.82, 2.24) is 9.62 Å². The van der Waals surface area contributed by atoms with Crippen LogP contribution in [0.1, 0.15) is 63.0 Å². The van der Waals surface area contributed by atoms with Gasteiger partial charge in [0.25, 0.3) is 0 Å². The summed E-state index contributed by atoms with van der Waals surface area (Å²) in [7, 11) is -3.93. The summed E-state index contributed by atoms with van der Waals surface area (Å²) in [6.45, 7) is 15.5. The molecule has 3 aromatic carbocycles. The van der Waals surface area contributed by atoms with Crippen molar-refractivity contribution in [3.05, 3.63) is 98.6 Å². The van der Waals surface area contributed by atoms with Crippen LogP contribution in [0.15, 0.2) is 53.4 Å². The van der Waals surface area contributed by atoms with Crippen molar-refractivity contribution in [1.29, 1.82) is 0 Å². The van der Waals surface area contributed by atoms with E-state index >= 15 is 0 Å². The average Bonchev–Trinajstić information content (AvgIpc) is 2.76. The van der Waals surface area contributed by atoms with Crippen molar-refractivity contribution < 1.29 is 13.2 Å². The Morgan fingerprint density at radius 1 is 0.778 bits per heavy atom. The summed E-state index contributed by atoms with van der Waals surface area (Å²) in [4.78, 5) is 13.5. The smallest absolute Gasteiger partial charge is 0.244 e. The van der Waals surface area contributed by atoms with E-state index in [9.17, 15) is 13.2 Å². The average molecular weight is 507 g/mol. The van der Waals surface area contributed by atoms with E-state index in [1.165, 1.54) is 9.87 Å². The first-order chi connectivity index (χ1) is 16.8. The molecule has 0 saturated heterocycles. The van der Waals surface area contributed by atoms with Gasteiger partial charge in [0.2, 0.25) is 15.9 Å². The Kier molecular flexibility index (Phi) is 8.42. The topological polar surface area (TPSA) is 66.5 Å². The summed E-state index contributed by atoms with van der Waals surface area (Å²) >= 11 is 0. The molecule has 0 heterocycles. The predicted octanol–water partition coefficient (Wildman–Crippen LogP) is 5.91. The van der Waals surface area contributed by atoms with Gasteiger partial charge in [-0.3, -0.25) is 4.79 Å². The van der Waals surface area contributed by atoms with E-state index in [4.69, 9.17) is 0 Å². The summed E-state index contributed by atoms with van der Waals surface area (Å²) in [6.07, 6.45) is 0. The molecule has 3 aromatic rings. The number of aryl methyl sites for hydroxylation is 7. The molecule has 192 valence electrons. The lowest BCUT2D eigenvalue weighted by Gasteiger charge is -2.25. The molecule has 0 aliphatic carbocycles. The fourth-order valence-corrected chi connectivity index (χ4v) is 6.60. The number of nitrogens with zero attached hydrogens (tertiary/aromatic N) is 1. The Hall–Kier alpha value is -2.96. The third-order valence-corrected chi connectivity index (χ3v) is 8.83. The summed E-state index contributed by atoms with van der Waals surface area (Å²) in [6, 6.07) is 15.4. The van der Waals surface area contributed by atoms with Gasteiger partial charge in [0.05, 0.1) is 17.5 Å². The first-order valence-corrected chi connectivity index (χ1v) is 13.7. The van der Waals surface area contributed by atoms with Crippen LogP contribution in [0.25, 0.3) is 0 Å². The second-order valence-electron chi connectivity index (χ2n) is 10.1. The first-order valence-electron chi connectivity index (χ1n) is 12.3. The molecule has 1 N–H and O–H groups in total. The van der Waals surface area contributed by atoms with Crippen LogP contribution >= 0.6 is 0 Å². The zero-order valence-electron chi connectivity index (χ0n) is 22.7. The molecule has 0 aliphatic rings. The normalized spacial score (nSPS) is 12.6. The maximum atomic E-state index is 13.9. The van der Waals surface area contributed by atoms with Gasteiger partial charge in [-0.05, 0) is 94.3 Å². The number of sulfonamides is 1. The molecule has 0 radical (unpaired) electrons. The highest BCUT2D eigenvalue weighted by atomic mass is 32.2. The third-order valence-electron chi connectivity index (χ3n) is 6.73. The molecule has 1 atom stereocenters. The van der Waals surface area contributed by atoms with Gasteiger partial charge in [-0.2, -0.15) is 4.31 Å². The zero-order valence-corrected chi connectivity index (χ0v) is 23.5. The molecule has 0 bridgehead atoms. The molecule has 1 unspecified atom stereocenters. The number of nitrogens with one attached hydrogen (secondary N) is 1. The molecular weight excluding hydrogens is 468 g/mol. The second kappa shape index (κ2) is 11.0. The maximum absolute atomic E-state index is 13.9. The fourth-order valence-electron chi connectivity index (χ4n) is 4.80. The van der Waals surface area contributed by atoms with Gasteiger partial charge >= 0.3 is 0 Å². The van der Waals surface area contributed by atoms with Crippen LogP contribution in [0, 0.1) is 48.5 Å². The van der Waals surface area contributed by atoms with E-state index in [-0.39, 0.29) is 29.9 Å². The molecule has 3 rings (SSSR count). The molecule has 1 amide bonds. The molecule has 0 aliphatic heterocycles. The standard InChI is InChI=1S/C30H38N2O3S/c1-19-9-11-27(12-10-19)17-32(36(34,35)30-24(6)13-20(2)14-25(30)7)18-29(33)31-26(8)28-16-22(4)21(3)15-23(28)5/h9-16,26H,17-18H2,1-8H3,(H,31,33). The van der Waals surface area contributed by atoms with E-state index in [1.54, 1.807) is 0 Å². The van der Waals surface area contributed by atoms with Gasteiger partial charge in [-0.25, -0.2) is 8.42 Å². The number of amides is 1. The van der Waals surface area contributed by atoms with Gasteiger partial charge in [-0.15, -0.1) is 0 Å². The summed E-state index contributed by atoms with van der Waals surface area (Å²) in [5.74, 6) is -0.335. The number of carbonyl (C=O) groups excluding carboxylic acids is 1. The van der Waals surface area contributed by atoms with Crippen LogP contribution < -0.4 is 5.32 Å². The van der Waals surface area contributed by atoms with Crippen molar-refractivity contribution in [2.24, 2.45) is 0 Å². The number of hydrogen-bond acceptors (Lipinski definition) is 3. The highest BCUT2D eigenvalue weighted by Crippen LogP contribution is 2.27. The molecular formula is C30H38N2O3S. The monoisotopic (exact) mass is 506 g/mol. The van der Waals surface area contributed by atoms with Gasteiger partial charge in [-0.1, -0.05) is 59.7 Å².